The van der Waals surface area contributed by atoms with Gasteiger partial charge in [0.1, 0.15) is 11.8 Å². The van der Waals surface area contributed by atoms with E-state index in [0.717, 1.165) is 24.3 Å². The Hall–Kier alpha value is -1.81. The lowest BCUT2D eigenvalue weighted by Crippen LogP contribution is -2.40. The van der Waals surface area contributed by atoms with Crippen LogP contribution in [0.25, 0.3) is 0 Å². The predicted octanol–water partition coefficient (Wildman–Crippen LogP) is 1.73. The first-order valence-electron chi connectivity index (χ1n) is 5.66. The standard InChI is InChI=1S/C11H12F3NO5S/c1-2-9(10(16)17)15-21(18,19)8-5-3-7(4-6-8)20-11(12,13)14/h3-6,9,15H,2H2,1H3,(H,16,17)/t9-/m1/s1. The topological polar surface area (TPSA) is 92.7 Å². The van der Waals surface area contributed by atoms with Crippen LogP contribution in [0.2, 0.25) is 0 Å². The monoisotopic (exact) mass is 327 g/mol. The fourth-order valence-electron chi connectivity index (χ4n) is 1.38. The van der Waals surface area contributed by atoms with E-state index in [2.05, 4.69) is 4.74 Å². The fraction of sp³-hybridized carbons (Fsp3) is 0.364. The first kappa shape index (κ1) is 17.2. The normalized spacial score (nSPS) is 13.7. The first-order valence-corrected chi connectivity index (χ1v) is 7.14. The van der Waals surface area contributed by atoms with Crippen molar-refractivity contribution in [2.24, 2.45) is 0 Å². The van der Waals surface area contributed by atoms with Gasteiger partial charge in [0, 0.05) is 0 Å². The molecule has 0 radical (unpaired) electrons. The number of nitrogens with one attached hydrogen (secondary N) is 1. The predicted molar refractivity (Wildman–Crippen MR) is 65.2 cm³/mol. The maximum absolute atomic E-state index is 12.0. The van der Waals surface area contributed by atoms with Crippen molar-refractivity contribution >= 4 is 16.0 Å². The van der Waals surface area contributed by atoms with Gasteiger partial charge in [0.2, 0.25) is 10.0 Å². The van der Waals surface area contributed by atoms with Crippen LogP contribution < -0.4 is 9.46 Å². The lowest BCUT2D eigenvalue weighted by molar-refractivity contribution is -0.274. The second-order valence-corrected chi connectivity index (χ2v) is 5.65. The third-order valence-corrected chi connectivity index (χ3v) is 3.86. The second kappa shape index (κ2) is 6.31. The Morgan fingerprint density at radius 1 is 1.33 bits per heavy atom. The zero-order chi connectivity index (χ0) is 16.3. The third kappa shape index (κ3) is 5.23. The Morgan fingerprint density at radius 3 is 2.24 bits per heavy atom. The highest BCUT2D eigenvalue weighted by Gasteiger charge is 2.31. The van der Waals surface area contributed by atoms with E-state index >= 15 is 0 Å². The number of ether oxygens (including phenoxy) is 1. The van der Waals surface area contributed by atoms with Crippen molar-refractivity contribution in [3.63, 3.8) is 0 Å². The summed E-state index contributed by atoms with van der Waals surface area (Å²) in [5.41, 5.74) is 0. The van der Waals surface area contributed by atoms with Crippen molar-refractivity contribution < 1.29 is 36.2 Å². The van der Waals surface area contributed by atoms with Crippen LogP contribution in [0.1, 0.15) is 13.3 Å². The van der Waals surface area contributed by atoms with E-state index in [9.17, 15) is 26.4 Å². The van der Waals surface area contributed by atoms with Gasteiger partial charge in [-0.3, -0.25) is 4.79 Å². The van der Waals surface area contributed by atoms with Gasteiger partial charge in [-0.2, -0.15) is 4.72 Å². The molecule has 1 rings (SSSR count). The van der Waals surface area contributed by atoms with Gasteiger partial charge < -0.3 is 9.84 Å². The minimum Gasteiger partial charge on any atom is -0.480 e. The van der Waals surface area contributed by atoms with Crippen molar-refractivity contribution in [1.29, 1.82) is 0 Å². The number of hydrogen-bond acceptors (Lipinski definition) is 4. The van der Waals surface area contributed by atoms with E-state index in [-0.39, 0.29) is 11.3 Å². The van der Waals surface area contributed by atoms with Crippen molar-refractivity contribution in [2.75, 3.05) is 0 Å². The molecule has 0 amide bonds. The molecule has 6 nitrogen and oxygen atoms in total. The Labute approximate surface area is 118 Å². The van der Waals surface area contributed by atoms with Gasteiger partial charge >= 0.3 is 12.3 Å². The van der Waals surface area contributed by atoms with Crippen molar-refractivity contribution in [1.82, 2.24) is 4.72 Å². The van der Waals surface area contributed by atoms with Crippen LogP contribution in [0.5, 0.6) is 5.75 Å². The minimum atomic E-state index is -4.88. The molecule has 0 heterocycles. The van der Waals surface area contributed by atoms with Gasteiger partial charge in [-0.15, -0.1) is 13.2 Å². The second-order valence-electron chi connectivity index (χ2n) is 3.94. The SMILES string of the molecule is CC[C@@H](NS(=O)(=O)c1ccc(OC(F)(F)F)cc1)C(=O)O. The number of aliphatic carboxylic acids is 1. The van der Waals surface area contributed by atoms with E-state index in [0.29, 0.717) is 0 Å². The molecule has 0 aromatic heterocycles. The van der Waals surface area contributed by atoms with Crippen LogP contribution in [0.3, 0.4) is 0 Å². The molecule has 0 unspecified atom stereocenters. The summed E-state index contributed by atoms with van der Waals surface area (Å²) in [7, 11) is -4.14. The molecule has 2 N–H and O–H groups in total. The first-order chi connectivity index (χ1) is 9.55. The average Bonchev–Trinajstić information content (AvgIpc) is 2.34. The van der Waals surface area contributed by atoms with Crippen LogP contribution in [0, 0.1) is 0 Å². The molecule has 118 valence electrons. The molecule has 0 aliphatic carbocycles. The lowest BCUT2D eigenvalue weighted by atomic mass is 10.2. The zero-order valence-electron chi connectivity index (χ0n) is 10.7. The number of rotatable bonds is 6. The quantitative estimate of drug-likeness (QED) is 0.830. The van der Waals surface area contributed by atoms with Gasteiger partial charge in [-0.25, -0.2) is 8.42 Å². The van der Waals surface area contributed by atoms with E-state index in [4.69, 9.17) is 5.11 Å². The molecule has 1 atom stereocenters. The highest BCUT2D eigenvalue weighted by atomic mass is 32.2. The maximum Gasteiger partial charge on any atom is 0.573 e. The highest BCUT2D eigenvalue weighted by molar-refractivity contribution is 7.89. The molecular weight excluding hydrogens is 315 g/mol. The van der Waals surface area contributed by atoms with Crippen molar-refractivity contribution in [3.8, 4) is 5.75 Å². The maximum atomic E-state index is 12.0. The summed E-state index contributed by atoms with van der Waals surface area (Å²) in [5.74, 6) is -1.93. The summed E-state index contributed by atoms with van der Waals surface area (Å²) in [5, 5.41) is 8.78. The van der Waals surface area contributed by atoms with E-state index < -0.39 is 34.1 Å². The zero-order valence-corrected chi connectivity index (χ0v) is 11.5. The molecule has 0 aliphatic rings. The van der Waals surface area contributed by atoms with Crippen LogP contribution in [0.15, 0.2) is 29.2 Å². The highest BCUT2D eigenvalue weighted by Crippen LogP contribution is 2.23. The fourth-order valence-corrected chi connectivity index (χ4v) is 2.66. The number of benzene rings is 1. The lowest BCUT2D eigenvalue weighted by Gasteiger charge is -2.13. The molecule has 0 aliphatic heterocycles. The number of hydrogen-bond donors (Lipinski definition) is 2. The molecule has 21 heavy (non-hydrogen) atoms. The molecule has 1 aromatic carbocycles. The molecular formula is C11H12F3NO5S. The van der Waals surface area contributed by atoms with Crippen LogP contribution >= 0.6 is 0 Å². The average molecular weight is 327 g/mol. The number of halogens is 3. The number of carbonyl (C=O) groups is 1. The summed E-state index contributed by atoms with van der Waals surface area (Å²) in [6.45, 7) is 1.47. The molecule has 10 heteroatoms. The Kier molecular flexibility index (Phi) is 5.18. The summed E-state index contributed by atoms with van der Waals surface area (Å²) >= 11 is 0. The Balaban J connectivity index is 2.92. The number of sulfonamides is 1. The third-order valence-electron chi connectivity index (χ3n) is 2.37. The van der Waals surface area contributed by atoms with Crippen LogP contribution in [-0.2, 0) is 14.8 Å². The summed E-state index contributed by atoms with van der Waals surface area (Å²) in [4.78, 5) is 10.4. The van der Waals surface area contributed by atoms with Gasteiger partial charge in [-0.1, -0.05) is 6.92 Å². The number of carboxylic acid groups (broad SMARTS) is 1. The summed E-state index contributed by atoms with van der Waals surface area (Å²) in [6, 6.07) is 2.10. The minimum absolute atomic E-state index is 0.0177. The Morgan fingerprint density at radius 2 is 1.86 bits per heavy atom. The molecule has 0 saturated carbocycles. The summed E-state index contributed by atoms with van der Waals surface area (Å²) in [6.07, 6.45) is -4.86. The van der Waals surface area contributed by atoms with Gasteiger partial charge in [-0.05, 0) is 30.7 Å². The van der Waals surface area contributed by atoms with Crippen LogP contribution in [0.4, 0.5) is 13.2 Å². The molecule has 0 saturated heterocycles. The van der Waals surface area contributed by atoms with Gasteiger partial charge in [0.05, 0.1) is 4.90 Å². The molecule has 1 aromatic rings. The largest absolute Gasteiger partial charge is 0.573 e. The van der Waals surface area contributed by atoms with E-state index in [1.165, 1.54) is 6.92 Å². The smallest absolute Gasteiger partial charge is 0.480 e. The molecule has 0 fully saturated rings. The van der Waals surface area contributed by atoms with E-state index in [1.807, 2.05) is 4.72 Å². The number of alkyl halides is 3. The van der Waals surface area contributed by atoms with E-state index in [1.54, 1.807) is 0 Å². The van der Waals surface area contributed by atoms with Crippen molar-refractivity contribution in [3.05, 3.63) is 24.3 Å². The Bertz CT molecular complexity index is 597. The molecule has 0 spiro atoms. The van der Waals surface area contributed by atoms with Crippen molar-refractivity contribution in [2.45, 2.75) is 30.6 Å². The van der Waals surface area contributed by atoms with Gasteiger partial charge in [0.25, 0.3) is 0 Å². The van der Waals surface area contributed by atoms with Gasteiger partial charge in [0.15, 0.2) is 0 Å². The molecule has 0 bridgehead atoms. The number of carboxylic acids is 1. The summed E-state index contributed by atoms with van der Waals surface area (Å²) < 4.78 is 65.2. The van der Waals surface area contributed by atoms with Crippen LogP contribution in [-0.4, -0.2) is 31.9 Å².